The van der Waals surface area contributed by atoms with E-state index >= 15 is 0 Å². The van der Waals surface area contributed by atoms with Crippen molar-refractivity contribution in [2.75, 3.05) is 7.11 Å². The molecule has 1 fully saturated rings. The molecule has 0 amide bonds. The normalized spacial score (nSPS) is 16.8. The maximum Gasteiger partial charge on any atom is 0.125 e. The Hall–Kier alpha value is -1.22. The van der Waals surface area contributed by atoms with Crippen molar-refractivity contribution in [1.29, 1.82) is 0 Å². The zero-order chi connectivity index (χ0) is 13.4. The maximum atomic E-state index is 6.06. The van der Waals surface area contributed by atoms with E-state index in [9.17, 15) is 0 Å². The minimum Gasteiger partial charge on any atom is -0.497 e. The SMILES string of the molecule is COc1ccc2c(c1)nc(CCl)n2C(C)CC1CC1. The van der Waals surface area contributed by atoms with Crippen molar-refractivity contribution < 1.29 is 4.74 Å². The van der Waals surface area contributed by atoms with Gasteiger partial charge in [0.05, 0.1) is 24.0 Å². The Morgan fingerprint density at radius 2 is 2.26 bits per heavy atom. The fourth-order valence-electron chi connectivity index (χ4n) is 2.78. The van der Waals surface area contributed by atoms with Gasteiger partial charge in [-0.15, -0.1) is 11.6 Å². The summed E-state index contributed by atoms with van der Waals surface area (Å²) in [5, 5.41) is 0. The molecule has 3 nitrogen and oxygen atoms in total. The molecule has 2 aromatic rings. The van der Waals surface area contributed by atoms with E-state index in [2.05, 4.69) is 22.5 Å². The summed E-state index contributed by atoms with van der Waals surface area (Å²) in [6.45, 7) is 2.26. The number of benzene rings is 1. The highest BCUT2D eigenvalue weighted by molar-refractivity contribution is 6.16. The van der Waals surface area contributed by atoms with Crippen LogP contribution in [0.3, 0.4) is 0 Å². The van der Waals surface area contributed by atoms with Gasteiger partial charge in [0.15, 0.2) is 0 Å². The van der Waals surface area contributed by atoms with Gasteiger partial charge in [0.1, 0.15) is 11.6 Å². The number of ether oxygens (including phenoxy) is 1. The predicted octanol–water partition coefficient (Wildman–Crippen LogP) is 4.14. The lowest BCUT2D eigenvalue weighted by atomic mass is 10.1. The van der Waals surface area contributed by atoms with Crippen LogP contribution in [-0.2, 0) is 5.88 Å². The first-order chi connectivity index (χ1) is 9.22. The van der Waals surface area contributed by atoms with Gasteiger partial charge in [0, 0.05) is 12.1 Å². The number of aromatic nitrogens is 2. The molecule has 0 N–H and O–H groups in total. The van der Waals surface area contributed by atoms with Gasteiger partial charge >= 0.3 is 0 Å². The number of fused-ring (bicyclic) bond motifs is 1. The van der Waals surface area contributed by atoms with Crippen molar-refractivity contribution >= 4 is 22.6 Å². The monoisotopic (exact) mass is 278 g/mol. The summed E-state index contributed by atoms with van der Waals surface area (Å²) < 4.78 is 7.55. The van der Waals surface area contributed by atoms with Gasteiger partial charge in [0.25, 0.3) is 0 Å². The van der Waals surface area contributed by atoms with E-state index in [1.54, 1.807) is 7.11 Å². The average molecular weight is 279 g/mol. The van der Waals surface area contributed by atoms with Gasteiger partial charge in [-0.3, -0.25) is 0 Å². The quantitative estimate of drug-likeness (QED) is 0.769. The molecule has 1 aliphatic carbocycles. The second-order valence-electron chi connectivity index (χ2n) is 5.41. The molecular formula is C15H19ClN2O. The van der Waals surface area contributed by atoms with Gasteiger partial charge in [-0.2, -0.15) is 0 Å². The van der Waals surface area contributed by atoms with E-state index in [1.165, 1.54) is 19.3 Å². The number of rotatable bonds is 5. The third-order valence-electron chi connectivity index (χ3n) is 3.90. The predicted molar refractivity (Wildman–Crippen MR) is 77.9 cm³/mol. The van der Waals surface area contributed by atoms with E-state index in [0.29, 0.717) is 11.9 Å². The molecule has 19 heavy (non-hydrogen) atoms. The summed E-state index contributed by atoms with van der Waals surface area (Å²) in [6, 6.07) is 6.51. The molecule has 3 rings (SSSR count). The minimum absolute atomic E-state index is 0.450. The Kier molecular flexibility index (Phi) is 3.40. The Labute approximate surface area is 118 Å². The van der Waals surface area contributed by atoms with Crippen molar-refractivity contribution in [1.82, 2.24) is 9.55 Å². The Balaban J connectivity index is 2.04. The molecule has 1 saturated carbocycles. The summed E-state index contributed by atoms with van der Waals surface area (Å²) in [7, 11) is 1.68. The van der Waals surface area contributed by atoms with Crippen molar-refractivity contribution in [2.24, 2.45) is 5.92 Å². The molecule has 1 aromatic carbocycles. The zero-order valence-electron chi connectivity index (χ0n) is 11.4. The lowest BCUT2D eigenvalue weighted by Gasteiger charge is -2.16. The molecule has 0 radical (unpaired) electrons. The first-order valence-corrected chi connectivity index (χ1v) is 7.37. The van der Waals surface area contributed by atoms with Crippen molar-refractivity contribution in [3.8, 4) is 5.75 Å². The molecule has 4 heteroatoms. The highest BCUT2D eigenvalue weighted by Gasteiger charge is 2.26. The molecule has 1 atom stereocenters. The second-order valence-corrected chi connectivity index (χ2v) is 5.68. The molecule has 0 saturated heterocycles. The number of methoxy groups -OCH3 is 1. The summed E-state index contributed by atoms with van der Waals surface area (Å²) in [5.41, 5.74) is 2.13. The summed E-state index contributed by atoms with van der Waals surface area (Å²) in [4.78, 5) is 4.64. The molecule has 0 spiro atoms. The van der Waals surface area contributed by atoms with Gasteiger partial charge < -0.3 is 9.30 Å². The number of halogens is 1. The van der Waals surface area contributed by atoms with E-state index in [1.807, 2.05) is 12.1 Å². The number of hydrogen-bond donors (Lipinski definition) is 0. The summed E-state index contributed by atoms with van der Waals surface area (Å²) in [5.74, 6) is 3.14. The van der Waals surface area contributed by atoms with Gasteiger partial charge in [-0.25, -0.2) is 4.98 Å². The van der Waals surface area contributed by atoms with Crippen LogP contribution in [0.5, 0.6) is 5.75 Å². The van der Waals surface area contributed by atoms with Crippen LogP contribution in [0.4, 0.5) is 0 Å². The van der Waals surface area contributed by atoms with Crippen molar-refractivity contribution in [3.05, 3.63) is 24.0 Å². The van der Waals surface area contributed by atoms with E-state index in [4.69, 9.17) is 16.3 Å². The van der Waals surface area contributed by atoms with Gasteiger partial charge in [-0.1, -0.05) is 12.8 Å². The fraction of sp³-hybridized carbons (Fsp3) is 0.533. The first kappa shape index (κ1) is 12.8. The minimum atomic E-state index is 0.450. The van der Waals surface area contributed by atoms with Crippen LogP contribution in [-0.4, -0.2) is 16.7 Å². The molecule has 0 aliphatic heterocycles. The lowest BCUT2D eigenvalue weighted by molar-refractivity contribution is 0.415. The molecule has 1 aliphatic rings. The molecule has 0 bridgehead atoms. The molecule has 1 unspecified atom stereocenters. The van der Waals surface area contributed by atoms with E-state index in [0.717, 1.165) is 28.5 Å². The Bertz CT molecular complexity index is 589. The average Bonchev–Trinajstić information content (AvgIpc) is 3.15. The smallest absolute Gasteiger partial charge is 0.125 e. The van der Waals surface area contributed by atoms with Crippen LogP contribution in [0.15, 0.2) is 18.2 Å². The second kappa shape index (κ2) is 5.04. The Morgan fingerprint density at radius 1 is 1.47 bits per heavy atom. The van der Waals surface area contributed by atoms with Crippen LogP contribution in [0.25, 0.3) is 11.0 Å². The molecule has 1 aromatic heterocycles. The van der Waals surface area contributed by atoms with E-state index < -0.39 is 0 Å². The standard InChI is InChI=1S/C15H19ClN2O/c1-10(7-11-3-4-11)18-14-6-5-12(19-2)8-13(14)17-15(18)9-16/h5-6,8,10-11H,3-4,7,9H2,1-2H3. The van der Waals surface area contributed by atoms with Crippen LogP contribution in [0.1, 0.15) is 38.1 Å². The third-order valence-corrected chi connectivity index (χ3v) is 4.14. The third kappa shape index (κ3) is 2.44. The van der Waals surface area contributed by atoms with Crippen molar-refractivity contribution in [2.45, 2.75) is 38.1 Å². The number of imidazole rings is 1. The topological polar surface area (TPSA) is 27.1 Å². The lowest BCUT2D eigenvalue weighted by Crippen LogP contribution is -2.09. The summed E-state index contributed by atoms with van der Waals surface area (Å²) in [6.07, 6.45) is 3.98. The van der Waals surface area contributed by atoms with Gasteiger partial charge in [-0.05, 0) is 31.4 Å². The maximum absolute atomic E-state index is 6.06. The highest BCUT2D eigenvalue weighted by atomic mass is 35.5. The highest BCUT2D eigenvalue weighted by Crippen LogP contribution is 2.38. The van der Waals surface area contributed by atoms with Crippen molar-refractivity contribution in [3.63, 3.8) is 0 Å². The van der Waals surface area contributed by atoms with Gasteiger partial charge in [0.2, 0.25) is 0 Å². The first-order valence-electron chi connectivity index (χ1n) is 6.83. The number of hydrogen-bond acceptors (Lipinski definition) is 2. The summed E-state index contributed by atoms with van der Waals surface area (Å²) >= 11 is 6.06. The zero-order valence-corrected chi connectivity index (χ0v) is 12.2. The van der Waals surface area contributed by atoms with E-state index in [-0.39, 0.29) is 0 Å². The van der Waals surface area contributed by atoms with Crippen LogP contribution < -0.4 is 4.74 Å². The van der Waals surface area contributed by atoms with Crippen LogP contribution >= 0.6 is 11.6 Å². The Morgan fingerprint density at radius 3 is 2.89 bits per heavy atom. The number of nitrogens with zero attached hydrogens (tertiary/aromatic N) is 2. The largest absolute Gasteiger partial charge is 0.497 e. The van der Waals surface area contributed by atoms with Crippen LogP contribution in [0.2, 0.25) is 0 Å². The van der Waals surface area contributed by atoms with Crippen LogP contribution in [0, 0.1) is 5.92 Å². The fourth-order valence-corrected chi connectivity index (χ4v) is 2.97. The molecular weight excluding hydrogens is 260 g/mol. The molecule has 102 valence electrons. The molecule has 1 heterocycles. The number of alkyl halides is 1.